The van der Waals surface area contributed by atoms with E-state index in [0.717, 1.165) is 42.6 Å². The summed E-state index contributed by atoms with van der Waals surface area (Å²) in [6, 6.07) is 17.6. The van der Waals surface area contributed by atoms with Crippen LogP contribution in [-0.2, 0) is 16.1 Å². The first-order chi connectivity index (χ1) is 13.5. The summed E-state index contributed by atoms with van der Waals surface area (Å²) in [5.74, 6) is 0.303. The number of hydrogen-bond acceptors (Lipinski definition) is 3. The molecule has 4 heteroatoms. The number of hydrogen-bond donors (Lipinski definition) is 0. The van der Waals surface area contributed by atoms with Crippen LogP contribution in [0.2, 0.25) is 0 Å². The molecule has 2 heterocycles. The molecule has 4 rings (SSSR count). The van der Waals surface area contributed by atoms with Gasteiger partial charge in [-0.1, -0.05) is 67.1 Å². The average Bonchev–Trinajstić information content (AvgIpc) is 2.95. The number of piperidine rings is 1. The zero-order valence-electron chi connectivity index (χ0n) is 16.5. The highest BCUT2D eigenvalue weighted by molar-refractivity contribution is 6.35. The van der Waals surface area contributed by atoms with Crippen LogP contribution in [0.25, 0.3) is 5.57 Å². The standard InChI is InChI=1S/C24H26N2O2/c1-17-8-10-20(11-9-17)21-22(25-14-12-18(2)13-15-25)24(28)26(23(21)27)16-19-6-4-3-5-7-19/h3-11,18H,12-16H2,1-2H3. The van der Waals surface area contributed by atoms with E-state index in [4.69, 9.17) is 0 Å². The molecule has 2 aromatic carbocycles. The van der Waals surface area contributed by atoms with Crippen LogP contribution in [0.5, 0.6) is 0 Å². The number of carbonyl (C=O) groups excluding carboxylic acids is 2. The minimum Gasteiger partial charge on any atom is -0.366 e. The minimum atomic E-state index is -0.189. The molecule has 0 aromatic heterocycles. The third kappa shape index (κ3) is 3.47. The van der Waals surface area contributed by atoms with Crippen LogP contribution in [0.15, 0.2) is 60.3 Å². The van der Waals surface area contributed by atoms with Crippen molar-refractivity contribution < 1.29 is 9.59 Å². The van der Waals surface area contributed by atoms with Crippen LogP contribution < -0.4 is 0 Å². The Kier molecular flexibility index (Phi) is 5.03. The van der Waals surface area contributed by atoms with Crippen molar-refractivity contribution >= 4 is 17.4 Å². The van der Waals surface area contributed by atoms with Gasteiger partial charge in [0.1, 0.15) is 5.70 Å². The van der Waals surface area contributed by atoms with Crippen LogP contribution in [0.1, 0.15) is 36.5 Å². The van der Waals surface area contributed by atoms with Gasteiger partial charge in [0, 0.05) is 13.1 Å². The Morgan fingerprint density at radius 3 is 2.18 bits per heavy atom. The van der Waals surface area contributed by atoms with Gasteiger partial charge in [0.25, 0.3) is 11.8 Å². The topological polar surface area (TPSA) is 40.6 Å². The fraction of sp³-hybridized carbons (Fsp3) is 0.333. The highest BCUT2D eigenvalue weighted by Crippen LogP contribution is 2.34. The highest BCUT2D eigenvalue weighted by atomic mass is 16.2. The molecule has 2 aromatic rings. The number of carbonyl (C=O) groups is 2. The molecule has 2 aliphatic heterocycles. The molecule has 0 bridgehead atoms. The lowest BCUT2D eigenvalue weighted by atomic mass is 9.97. The number of likely N-dealkylation sites (tertiary alicyclic amines) is 1. The van der Waals surface area contributed by atoms with E-state index < -0.39 is 0 Å². The number of amides is 2. The molecule has 0 atom stereocenters. The van der Waals surface area contributed by atoms with Crippen LogP contribution in [0.3, 0.4) is 0 Å². The van der Waals surface area contributed by atoms with E-state index in [0.29, 0.717) is 23.7 Å². The van der Waals surface area contributed by atoms with E-state index in [1.807, 2.05) is 61.5 Å². The van der Waals surface area contributed by atoms with Gasteiger partial charge in [-0.15, -0.1) is 0 Å². The van der Waals surface area contributed by atoms with Gasteiger partial charge in [-0.25, -0.2) is 0 Å². The van der Waals surface area contributed by atoms with Gasteiger partial charge in [-0.2, -0.15) is 0 Å². The van der Waals surface area contributed by atoms with Crippen LogP contribution in [0.4, 0.5) is 0 Å². The van der Waals surface area contributed by atoms with Gasteiger partial charge >= 0.3 is 0 Å². The second-order valence-corrected chi connectivity index (χ2v) is 7.94. The molecule has 0 saturated carbocycles. The molecule has 0 radical (unpaired) electrons. The number of aryl methyl sites for hydroxylation is 1. The first-order valence-electron chi connectivity index (χ1n) is 10.0. The summed E-state index contributed by atoms with van der Waals surface area (Å²) in [6.45, 7) is 6.22. The predicted molar refractivity (Wildman–Crippen MR) is 110 cm³/mol. The van der Waals surface area contributed by atoms with Gasteiger partial charge in [-0.05, 0) is 36.8 Å². The Morgan fingerprint density at radius 1 is 0.893 bits per heavy atom. The van der Waals surface area contributed by atoms with Gasteiger partial charge in [0.2, 0.25) is 0 Å². The smallest absolute Gasteiger partial charge is 0.278 e. The van der Waals surface area contributed by atoms with Gasteiger partial charge in [0.05, 0.1) is 12.1 Å². The molecule has 0 N–H and O–H groups in total. The maximum Gasteiger partial charge on any atom is 0.278 e. The SMILES string of the molecule is Cc1ccc(C2=C(N3CCC(C)CC3)C(=O)N(Cc3ccccc3)C2=O)cc1. The third-order valence-corrected chi connectivity index (χ3v) is 5.77. The van der Waals surface area contributed by atoms with Crippen LogP contribution >= 0.6 is 0 Å². The van der Waals surface area contributed by atoms with E-state index in [1.165, 1.54) is 4.90 Å². The lowest BCUT2D eigenvalue weighted by Gasteiger charge is -2.32. The Labute approximate surface area is 166 Å². The lowest BCUT2D eigenvalue weighted by molar-refractivity contribution is -0.138. The van der Waals surface area contributed by atoms with Gasteiger partial charge < -0.3 is 4.90 Å². The molecule has 0 aliphatic carbocycles. The normalized spacial score (nSPS) is 18.4. The van der Waals surface area contributed by atoms with Crippen molar-refractivity contribution in [1.82, 2.24) is 9.80 Å². The minimum absolute atomic E-state index is 0.168. The molecular weight excluding hydrogens is 348 g/mol. The number of rotatable bonds is 4. The zero-order valence-corrected chi connectivity index (χ0v) is 16.5. The molecule has 144 valence electrons. The molecule has 28 heavy (non-hydrogen) atoms. The summed E-state index contributed by atoms with van der Waals surface area (Å²) in [6.07, 6.45) is 2.09. The van der Waals surface area contributed by atoms with E-state index in [9.17, 15) is 9.59 Å². The van der Waals surface area contributed by atoms with Crippen molar-refractivity contribution in [3.63, 3.8) is 0 Å². The van der Waals surface area contributed by atoms with Crippen molar-refractivity contribution in [1.29, 1.82) is 0 Å². The Morgan fingerprint density at radius 2 is 1.54 bits per heavy atom. The van der Waals surface area contributed by atoms with Gasteiger partial charge in [-0.3, -0.25) is 14.5 Å². The van der Waals surface area contributed by atoms with Crippen molar-refractivity contribution in [2.24, 2.45) is 5.92 Å². The Bertz CT molecular complexity index is 907. The molecule has 1 saturated heterocycles. The third-order valence-electron chi connectivity index (χ3n) is 5.77. The summed E-state index contributed by atoms with van der Waals surface area (Å²) in [5, 5.41) is 0. The lowest BCUT2D eigenvalue weighted by Crippen LogP contribution is -2.38. The largest absolute Gasteiger partial charge is 0.366 e. The van der Waals surface area contributed by atoms with E-state index in [2.05, 4.69) is 11.8 Å². The molecular formula is C24H26N2O2. The van der Waals surface area contributed by atoms with E-state index in [-0.39, 0.29) is 11.8 Å². The second kappa shape index (κ2) is 7.63. The molecule has 2 aliphatic rings. The fourth-order valence-electron chi connectivity index (χ4n) is 3.98. The molecule has 0 spiro atoms. The molecule has 0 unspecified atom stereocenters. The number of imide groups is 1. The van der Waals surface area contributed by atoms with Crippen molar-refractivity contribution in [3.8, 4) is 0 Å². The monoisotopic (exact) mass is 374 g/mol. The van der Waals surface area contributed by atoms with Gasteiger partial charge in [0.15, 0.2) is 0 Å². The quantitative estimate of drug-likeness (QED) is 0.760. The van der Waals surface area contributed by atoms with Crippen LogP contribution in [-0.4, -0.2) is 34.7 Å². The van der Waals surface area contributed by atoms with Crippen molar-refractivity contribution in [3.05, 3.63) is 77.0 Å². The molecule has 1 fully saturated rings. The number of benzene rings is 2. The summed E-state index contributed by atoms with van der Waals surface area (Å²) in [4.78, 5) is 30.2. The first kappa shape index (κ1) is 18.5. The van der Waals surface area contributed by atoms with Crippen molar-refractivity contribution in [2.45, 2.75) is 33.2 Å². The maximum atomic E-state index is 13.4. The number of nitrogens with zero attached hydrogens (tertiary/aromatic N) is 2. The zero-order chi connectivity index (χ0) is 19.7. The van der Waals surface area contributed by atoms with Crippen LogP contribution in [0, 0.1) is 12.8 Å². The maximum absolute atomic E-state index is 13.4. The van der Waals surface area contributed by atoms with Crippen molar-refractivity contribution in [2.75, 3.05) is 13.1 Å². The summed E-state index contributed by atoms with van der Waals surface area (Å²) in [7, 11) is 0. The fourth-order valence-corrected chi connectivity index (χ4v) is 3.98. The first-order valence-corrected chi connectivity index (χ1v) is 10.0. The molecule has 4 nitrogen and oxygen atoms in total. The summed E-state index contributed by atoms with van der Waals surface area (Å²) in [5.41, 5.74) is 4.05. The summed E-state index contributed by atoms with van der Waals surface area (Å²) < 4.78 is 0. The average molecular weight is 374 g/mol. The Hall–Kier alpha value is -2.88. The predicted octanol–water partition coefficient (Wildman–Crippen LogP) is 4.01. The summed E-state index contributed by atoms with van der Waals surface area (Å²) >= 11 is 0. The Balaban J connectivity index is 1.72. The highest BCUT2D eigenvalue weighted by Gasteiger charge is 2.41. The second-order valence-electron chi connectivity index (χ2n) is 7.94. The van der Waals surface area contributed by atoms with E-state index >= 15 is 0 Å². The van der Waals surface area contributed by atoms with E-state index in [1.54, 1.807) is 0 Å². The molecule has 2 amide bonds.